The van der Waals surface area contributed by atoms with Crippen molar-refractivity contribution in [3.63, 3.8) is 0 Å². The van der Waals surface area contributed by atoms with Crippen LogP contribution in [0.15, 0.2) is 18.2 Å². The summed E-state index contributed by atoms with van der Waals surface area (Å²) in [6.45, 7) is 5.90. The smallest absolute Gasteiger partial charge is 0.220 e. The number of hydrogen-bond donors (Lipinski definition) is 3. The SMILES string of the molecule is C[C@H]1C[NH+](CC(=O)c2ccc(O)cc2O)C[C@H](C)O1. The van der Waals surface area contributed by atoms with Crippen LogP contribution in [0.5, 0.6) is 11.5 Å². The summed E-state index contributed by atoms with van der Waals surface area (Å²) in [5, 5.41) is 18.9. The van der Waals surface area contributed by atoms with Gasteiger partial charge in [-0.2, -0.15) is 0 Å². The Kier molecular flexibility index (Phi) is 4.07. The number of phenolic OH excluding ortho intramolecular Hbond substituents is 2. The molecule has 19 heavy (non-hydrogen) atoms. The number of rotatable bonds is 3. The number of hydrogen-bond acceptors (Lipinski definition) is 4. The molecule has 104 valence electrons. The molecule has 0 aromatic heterocycles. The average Bonchev–Trinajstić information content (AvgIpc) is 2.26. The van der Waals surface area contributed by atoms with Gasteiger partial charge in [0.25, 0.3) is 0 Å². The van der Waals surface area contributed by atoms with Crippen molar-refractivity contribution in [2.75, 3.05) is 19.6 Å². The van der Waals surface area contributed by atoms with Crippen molar-refractivity contribution in [1.29, 1.82) is 0 Å². The second-order valence-electron chi connectivity index (χ2n) is 5.22. The summed E-state index contributed by atoms with van der Waals surface area (Å²) in [5.41, 5.74) is 0.261. The van der Waals surface area contributed by atoms with Crippen molar-refractivity contribution in [1.82, 2.24) is 0 Å². The maximum Gasteiger partial charge on any atom is 0.220 e. The predicted octanol–water partition coefficient (Wildman–Crippen LogP) is -0.0274. The summed E-state index contributed by atoms with van der Waals surface area (Å²) < 4.78 is 5.63. The van der Waals surface area contributed by atoms with Crippen LogP contribution in [0.2, 0.25) is 0 Å². The molecule has 0 saturated carbocycles. The van der Waals surface area contributed by atoms with E-state index in [1.165, 1.54) is 18.2 Å². The van der Waals surface area contributed by atoms with E-state index in [4.69, 9.17) is 4.74 Å². The van der Waals surface area contributed by atoms with Gasteiger partial charge in [-0.25, -0.2) is 0 Å². The molecule has 5 heteroatoms. The number of aromatic hydroxyl groups is 2. The molecule has 1 fully saturated rings. The molecule has 2 atom stereocenters. The minimum Gasteiger partial charge on any atom is -0.508 e. The molecule has 1 heterocycles. The summed E-state index contributed by atoms with van der Waals surface area (Å²) in [6.07, 6.45) is 0.278. The summed E-state index contributed by atoms with van der Waals surface area (Å²) in [4.78, 5) is 13.3. The van der Waals surface area contributed by atoms with Gasteiger partial charge in [0.15, 0.2) is 0 Å². The van der Waals surface area contributed by atoms with Gasteiger partial charge in [0.05, 0.1) is 5.56 Å². The molecule has 0 bridgehead atoms. The van der Waals surface area contributed by atoms with Crippen molar-refractivity contribution in [3.05, 3.63) is 23.8 Å². The third-order valence-electron chi connectivity index (χ3n) is 3.31. The van der Waals surface area contributed by atoms with Crippen molar-refractivity contribution < 1.29 is 24.6 Å². The molecule has 0 unspecified atom stereocenters. The molecule has 0 spiro atoms. The average molecular weight is 266 g/mol. The number of carbonyl (C=O) groups excluding carboxylic acids is 1. The maximum atomic E-state index is 12.2. The van der Waals surface area contributed by atoms with Crippen LogP contribution in [0.4, 0.5) is 0 Å². The molecule has 1 saturated heterocycles. The normalized spacial score (nSPS) is 27.2. The van der Waals surface area contributed by atoms with E-state index in [-0.39, 0.29) is 35.1 Å². The molecule has 0 amide bonds. The lowest BCUT2D eigenvalue weighted by Crippen LogP contribution is -3.16. The van der Waals surface area contributed by atoms with E-state index in [0.717, 1.165) is 18.0 Å². The van der Waals surface area contributed by atoms with E-state index in [1.54, 1.807) is 0 Å². The summed E-state index contributed by atoms with van der Waals surface area (Å²) >= 11 is 0. The van der Waals surface area contributed by atoms with Crippen molar-refractivity contribution in [3.8, 4) is 11.5 Å². The molecule has 1 aliphatic rings. The largest absolute Gasteiger partial charge is 0.508 e. The Morgan fingerprint density at radius 3 is 2.53 bits per heavy atom. The highest BCUT2D eigenvalue weighted by molar-refractivity contribution is 5.99. The minimum absolute atomic E-state index is 0.0463. The summed E-state index contributed by atoms with van der Waals surface area (Å²) in [6, 6.07) is 4.06. The molecule has 1 aliphatic heterocycles. The van der Waals surface area contributed by atoms with Gasteiger partial charge in [-0.05, 0) is 26.0 Å². The van der Waals surface area contributed by atoms with E-state index in [0.29, 0.717) is 6.54 Å². The maximum absolute atomic E-state index is 12.2. The fourth-order valence-electron chi connectivity index (χ4n) is 2.61. The van der Waals surface area contributed by atoms with E-state index >= 15 is 0 Å². The quantitative estimate of drug-likeness (QED) is 0.672. The van der Waals surface area contributed by atoms with E-state index in [9.17, 15) is 15.0 Å². The van der Waals surface area contributed by atoms with Crippen LogP contribution in [-0.2, 0) is 4.74 Å². The van der Waals surface area contributed by atoms with Gasteiger partial charge < -0.3 is 19.8 Å². The van der Waals surface area contributed by atoms with Crippen LogP contribution in [-0.4, -0.2) is 47.8 Å². The van der Waals surface area contributed by atoms with Gasteiger partial charge in [0.2, 0.25) is 5.78 Å². The van der Waals surface area contributed by atoms with Crippen LogP contribution in [0, 0.1) is 0 Å². The molecular formula is C14H20NO4+. The molecule has 3 N–H and O–H groups in total. The fourth-order valence-corrected chi connectivity index (χ4v) is 2.61. The number of carbonyl (C=O) groups is 1. The summed E-state index contributed by atoms with van der Waals surface area (Å²) in [5.74, 6) is -0.331. The van der Waals surface area contributed by atoms with E-state index < -0.39 is 0 Å². The lowest BCUT2D eigenvalue weighted by Gasteiger charge is -2.31. The van der Waals surface area contributed by atoms with E-state index in [1.807, 2.05) is 13.8 Å². The zero-order chi connectivity index (χ0) is 14.0. The van der Waals surface area contributed by atoms with Crippen LogP contribution >= 0.6 is 0 Å². The van der Waals surface area contributed by atoms with Crippen molar-refractivity contribution in [2.45, 2.75) is 26.1 Å². The first kappa shape index (κ1) is 13.8. The molecule has 1 aromatic carbocycles. The lowest BCUT2D eigenvalue weighted by atomic mass is 10.1. The van der Waals surface area contributed by atoms with Gasteiger partial charge in [-0.1, -0.05) is 0 Å². The number of ether oxygens (including phenoxy) is 1. The van der Waals surface area contributed by atoms with Gasteiger partial charge in [-0.15, -0.1) is 0 Å². The minimum atomic E-state index is -0.168. The molecule has 0 aliphatic carbocycles. The van der Waals surface area contributed by atoms with Crippen molar-refractivity contribution in [2.24, 2.45) is 0 Å². The fraction of sp³-hybridized carbons (Fsp3) is 0.500. The van der Waals surface area contributed by atoms with Crippen LogP contribution in [0.1, 0.15) is 24.2 Å². The summed E-state index contributed by atoms with van der Waals surface area (Å²) in [7, 11) is 0. The third-order valence-corrected chi connectivity index (χ3v) is 3.31. The number of nitrogens with one attached hydrogen (secondary N) is 1. The van der Waals surface area contributed by atoms with Crippen molar-refractivity contribution >= 4 is 5.78 Å². The van der Waals surface area contributed by atoms with E-state index in [2.05, 4.69) is 0 Å². The Balaban J connectivity index is 2.04. The topological polar surface area (TPSA) is 71.2 Å². The highest BCUT2D eigenvalue weighted by atomic mass is 16.5. The monoisotopic (exact) mass is 266 g/mol. The highest BCUT2D eigenvalue weighted by Crippen LogP contribution is 2.22. The standard InChI is InChI=1S/C14H19NO4/c1-9-6-15(7-10(2)19-9)8-14(18)12-4-3-11(16)5-13(12)17/h3-5,9-10,16-17H,6-8H2,1-2H3/p+1/t9-,10-/m0/s1. The van der Waals surface area contributed by atoms with Gasteiger partial charge in [0.1, 0.15) is 43.3 Å². The molecule has 1 aromatic rings. The molecule has 0 radical (unpaired) electrons. The van der Waals surface area contributed by atoms with Crippen LogP contribution in [0.25, 0.3) is 0 Å². The Hall–Kier alpha value is -1.59. The second-order valence-corrected chi connectivity index (χ2v) is 5.22. The molecule has 5 nitrogen and oxygen atoms in total. The lowest BCUT2D eigenvalue weighted by molar-refractivity contribution is -0.906. The predicted molar refractivity (Wildman–Crippen MR) is 69.7 cm³/mol. The number of Topliss-reactive ketones (excluding diaryl/α,β-unsaturated/α-hetero) is 1. The Labute approximate surface area is 112 Å². The molecular weight excluding hydrogens is 246 g/mol. The van der Waals surface area contributed by atoms with Gasteiger partial charge in [-0.3, -0.25) is 4.79 Å². The number of phenols is 2. The first-order chi connectivity index (χ1) is 8.95. The van der Waals surface area contributed by atoms with Gasteiger partial charge >= 0.3 is 0 Å². The first-order valence-corrected chi connectivity index (χ1v) is 6.50. The first-order valence-electron chi connectivity index (χ1n) is 6.50. The Morgan fingerprint density at radius 1 is 1.32 bits per heavy atom. The number of morpholine rings is 1. The Bertz CT molecular complexity index is 465. The van der Waals surface area contributed by atoms with Gasteiger partial charge in [0, 0.05) is 6.07 Å². The second kappa shape index (κ2) is 5.59. The Morgan fingerprint density at radius 2 is 1.95 bits per heavy atom. The van der Waals surface area contributed by atoms with Crippen LogP contribution in [0.3, 0.4) is 0 Å². The number of quaternary nitrogens is 1. The molecule has 2 rings (SSSR count). The zero-order valence-corrected chi connectivity index (χ0v) is 11.2. The van der Waals surface area contributed by atoms with Crippen LogP contribution < -0.4 is 4.90 Å². The third kappa shape index (κ3) is 3.45. The number of ketones is 1. The number of benzene rings is 1. The highest BCUT2D eigenvalue weighted by Gasteiger charge is 2.28. The zero-order valence-electron chi connectivity index (χ0n) is 11.2.